The zero-order valence-corrected chi connectivity index (χ0v) is 10.3. The van der Waals surface area contributed by atoms with Crippen molar-refractivity contribution in [3.05, 3.63) is 17.5 Å². The molecule has 0 aromatic carbocycles. The van der Waals surface area contributed by atoms with Crippen LogP contribution in [0.5, 0.6) is 0 Å². The second kappa shape index (κ2) is 4.38. The van der Waals surface area contributed by atoms with E-state index in [-0.39, 0.29) is 56.6 Å². The summed E-state index contributed by atoms with van der Waals surface area (Å²) in [6, 6.07) is 1.07. The first-order chi connectivity index (χ1) is 4.52. The van der Waals surface area contributed by atoms with Gasteiger partial charge in [0.25, 0.3) is 10.1 Å². The first kappa shape index (κ1) is 12.1. The molecule has 57 valence electrons. The van der Waals surface area contributed by atoms with Crippen molar-refractivity contribution >= 4 is 73.1 Å². The molecule has 0 unspecified atom stereocenters. The zero-order valence-electron chi connectivity index (χ0n) is 5.61. The normalized spacial score (nSPS) is 10.7. The minimum atomic E-state index is -4.22. The average molecular weight is 222 g/mol. The van der Waals surface area contributed by atoms with Crippen LogP contribution in [0.4, 0.5) is 0 Å². The molecule has 0 fully saturated rings. The van der Waals surface area contributed by atoms with Crippen LogP contribution in [-0.2, 0) is 10.1 Å². The summed E-state index contributed by atoms with van der Waals surface area (Å²) in [7, 11) is -4.22. The molecule has 1 radical (unpaired) electrons. The van der Waals surface area contributed by atoms with E-state index in [4.69, 9.17) is 16.2 Å². The minimum Gasteiger partial charge on any atom is -0.451 e. The van der Waals surface area contributed by atoms with Crippen molar-refractivity contribution in [3.63, 3.8) is 0 Å². The summed E-state index contributed by atoms with van der Waals surface area (Å²) >= 11 is 5.22. The molecule has 0 aliphatic heterocycles. The third-order valence-electron chi connectivity index (χ3n) is 0.863. The minimum absolute atomic E-state index is 0. The molecule has 1 rings (SSSR count). The van der Waals surface area contributed by atoms with E-state index in [1.165, 1.54) is 0 Å². The number of hydrogen-bond acceptors (Lipinski definition) is 3. The maximum atomic E-state index is 10.3. The summed E-state index contributed by atoms with van der Waals surface area (Å²) in [5.41, 5.74) is 0. The molecule has 7 heteroatoms. The van der Waals surface area contributed by atoms with Gasteiger partial charge in [0.15, 0.2) is 4.90 Å². The molecule has 0 aliphatic rings. The Labute approximate surface area is 111 Å². The number of rotatable bonds is 1. The van der Waals surface area contributed by atoms with Gasteiger partial charge in [-0.15, -0.1) is 0 Å². The Balaban J connectivity index is 0.000001000. The van der Waals surface area contributed by atoms with Gasteiger partial charge in [-0.25, -0.2) is 0 Å². The Hall–Kier alpha value is 1.12. The molecule has 0 amide bonds. The van der Waals surface area contributed by atoms with Gasteiger partial charge in [-0.3, -0.25) is 4.55 Å². The molecule has 1 aromatic rings. The van der Waals surface area contributed by atoms with Crippen molar-refractivity contribution in [1.29, 1.82) is 0 Å². The van der Waals surface area contributed by atoms with Gasteiger partial charge in [-0.05, 0) is 17.7 Å². The Bertz CT molecular complexity index is 330. The van der Waals surface area contributed by atoms with Crippen LogP contribution in [0.15, 0.2) is 21.6 Å². The Morgan fingerprint density at radius 1 is 1.55 bits per heavy atom. The molecule has 0 saturated carbocycles. The van der Waals surface area contributed by atoms with E-state index < -0.39 is 15.0 Å². The van der Waals surface area contributed by atoms with E-state index in [9.17, 15) is 8.42 Å². The van der Waals surface area contributed by atoms with Gasteiger partial charge >= 0.3 is 0 Å². The fraction of sp³-hybridized carbons (Fsp3) is 0. The predicted octanol–water partition coefficient (Wildman–Crippen LogP) is 0.799. The van der Waals surface area contributed by atoms with E-state index in [1.54, 1.807) is 0 Å². The summed E-state index contributed by atoms with van der Waals surface area (Å²) in [4.78, 5) is -0.408. The smallest absolute Gasteiger partial charge is 0.299 e. The average Bonchev–Trinajstić information content (AvgIpc) is 2.11. The van der Waals surface area contributed by atoms with E-state index in [0.717, 1.165) is 12.3 Å². The number of hydrogen-bond donors (Lipinski definition) is 1. The summed E-state index contributed by atoms with van der Waals surface area (Å²) in [6.45, 7) is 0. The molecule has 0 aliphatic carbocycles. The van der Waals surface area contributed by atoms with Gasteiger partial charge in [-0.1, -0.05) is 0 Å². The van der Waals surface area contributed by atoms with E-state index in [1.807, 2.05) is 0 Å². The number of furan rings is 1. The van der Waals surface area contributed by atoms with E-state index in [2.05, 4.69) is 4.42 Å². The fourth-order valence-electron chi connectivity index (χ4n) is 0.467. The third-order valence-corrected chi connectivity index (χ3v) is 2.14. The molecule has 11 heavy (non-hydrogen) atoms. The molecule has 0 atom stereocenters. The zero-order chi connectivity index (χ0) is 7.78. The van der Waals surface area contributed by atoms with E-state index >= 15 is 0 Å². The fourth-order valence-corrected chi connectivity index (χ4v) is 1.35. The largest absolute Gasteiger partial charge is 0.451 e. The summed E-state index contributed by atoms with van der Waals surface area (Å²) in [6.07, 6.45) is 1.07. The Kier molecular flexibility index (Phi) is 4.82. The summed E-state index contributed by atoms with van der Waals surface area (Å²) < 4.78 is 33.5. The van der Waals surface area contributed by atoms with Crippen molar-refractivity contribution in [2.75, 3.05) is 0 Å². The quantitative estimate of drug-likeness (QED) is 0.563. The molecule has 1 N–H and O–H groups in total. The molecular weight excluding hydrogens is 219 g/mol. The maximum Gasteiger partial charge on any atom is 0.299 e. The first-order valence-electron chi connectivity index (χ1n) is 2.22. The van der Waals surface area contributed by atoms with Crippen LogP contribution in [0.1, 0.15) is 0 Å². The first-order valence-corrected chi connectivity index (χ1v) is 4.04. The van der Waals surface area contributed by atoms with Crippen molar-refractivity contribution in [2.24, 2.45) is 0 Å². The van der Waals surface area contributed by atoms with Gasteiger partial charge in [0.2, 0.25) is 5.22 Å². The standard InChI is InChI=1S/C4H3ClO4S.K/c5-4-3(1-2-9-4)10(6,7)8;/h1-2H,(H,6,7,8);. The molecule has 4 nitrogen and oxygen atoms in total. The van der Waals surface area contributed by atoms with Crippen LogP contribution in [-0.4, -0.2) is 64.4 Å². The second-order valence-electron chi connectivity index (χ2n) is 1.53. The van der Waals surface area contributed by atoms with Crippen LogP contribution in [0.2, 0.25) is 5.22 Å². The van der Waals surface area contributed by atoms with Gasteiger partial charge in [0.1, 0.15) is 0 Å². The topological polar surface area (TPSA) is 67.5 Å². The van der Waals surface area contributed by atoms with Crippen molar-refractivity contribution in [3.8, 4) is 0 Å². The van der Waals surface area contributed by atoms with Crippen molar-refractivity contribution in [1.82, 2.24) is 0 Å². The van der Waals surface area contributed by atoms with Crippen LogP contribution in [0.25, 0.3) is 0 Å². The summed E-state index contributed by atoms with van der Waals surface area (Å²) in [5, 5.41) is -0.331. The van der Waals surface area contributed by atoms with Gasteiger partial charge in [0.05, 0.1) is 6.26 Å². The summed E-state index contributed by atoms with van der Waals surface area (Å²) in [5.74, 6) is 0. The molecule has 1 heterocycles. The Morgan fingerprint density at radius 2 is 2.09 bits per heavy atom. The molecular formula is C4H3ClKO4S. The third kappa shape index (κ3) is 3.15. The Morgan fingerprint density at radius 3 is 2.27 bits per heavy atom. The molecule has 0 saturated heterocycles. The van der Waals surface area contributed by atoms with Crippen LogP contribution in [0.3, 0.4) is 0 Å². The molecule has 1 aromatic heterocycles. The van der Waals surface area contributed by atoms with Crippen molar-refractivity contribution in [2.45, 2.75) is 4.90 Å². The van der Waals surface area contributed by atoms with Crippen molar-refractivity contribution < 1.29 is 17.4 Å². The predicted molar refractivity (Wildman–Crippen MR) is 39.3 cm³/mol. The van der Waals surface area contributed by atoms with Gasteiger partial charge < -0.3 is 4.42 Å². The van der Waals surface area contributed by atoms with Crippen LogP contribution < -0.4 is 0 Å². The number of halogens is 1. The van der Waals surface area contributed by atoms with Gasteiger partial charge in [-0.2, -0.15) is 8.42 Å². The SMILES string of the molecule is O=S(=O)(O)c1ccoc1Cl.[K]. The molecule has 0 spiro atoms. The van der Waals surface area contributed by atoms with E-state index in [0.29, 0.717) is 0 Å². The van der Waals surface area contributed by atoms with Crippen LogP contribution in [0, 0.1) is 0 Å². The maximum absolute atomic E-state index is 10.3. The molecule has 0 bridgehead atoms. The second-order valence-corrected chi connectivity index (χ2v) is 3.27. The van der Waals surface area contributed by atoms with Crippen LogP contribution >= 0.6 is 11.6 Å². The van der Waals surface area contributed by atoms with Gasteiger partial charge in [0, 0.05) is 51.4 Å². The monoisotopic (exact) mass is 221 g/mol.